The molecule has 1 amide bonds. The minimum absolute atomic E-state index is 0.165. The molecule has 3 aliphatic rings. The second kappa shape index (κ2) is 9.56. The predicted octanol–water partition coefficient (Wildman–Crippen LogP) is 3.13. The lowest BCUT2D eigenvalue weighted by atomic mass is 9.77. The van der Waals surface area contributed by atoms with Gasteiger partial charge in [0.15, 0.2) is 11.5 Å². The first-order valence-corrected chi connectivity index (χ1v) is 11.6. The van der Waals surface area contributed by atoms with E-state index in [1.807, 2.05) is 12.1 Å². The normalized spacial score (nSPS) is 22.1. The van der Waals surface area contributed by atoms with Gasteiger partial charge in [-0.2, -0.15) is 0 Å². The Kier molecular flexibility index (Phi) is 6.84. The fourth-order valence-corrected chi connectivity index (χ4v) is 5.19. The molecule has 1 N–H and O–H groups in total. The maximum Gasteiger partial charge on any atom is 0.230 e. The molecular formula is C24H36N2O4. The zero-order chi connectivity index (χ0) is 21.0. The maximum atomic E-state index is 13.6. The Morgan fingerprint density at radius 3 is 2.47 bits per heavy atom. The van der Waals surface area contributed by atoms with E-state index in [0.29, 0.717) is 31.7 Å². The summed E-state index contributed by atoms with van der Waals surface area (Å²) in [4.78, 5) is 16.1. The number of amides is 1. The fraction of sp³-hybridized carbons (Fsp3) is 0.708. The highest BCUT2D eigenvalue weighted by molar-refractivity contribution is 5.88. The first-order valence-electron chi connectivity index (χ1n) is 11.6. The molecule has 0 spiro atoms. The number of morpholine rings is 1. The highest BCUT2D eigenvalue weighted by Gasteiger charge is 2.43. The van der Waals surface area contributed by atoms with Crippen molar-refractivity contribution in [1.29, 1.82) is 0 Å². The summed E-state index contributed by atoms with van der Waals surface area (Å²) in [5, 5.41) is 3.35. The molecule has 1 unspecified atom stereocenters. The van der Waals surface area contributed by atoms with Crippen molar-refractivity contribution >= 4 is 5.91 Å². The summed E-state index contributed by atoms with van der Waals surface area (Å²) >= 11 is 0. The van der Waals surface area contributed by atoms with Gasteiger partial charge >= 0.3 is 0 Å². The molecule has 0 radical (unpaired) electrons. The molecule has 6 nitrogen and oxygen atoms in total. The van der Waals surface area contributed by atoms with E-state index in [1.54, 1.807) is 0 Å². The number of hydrogen-bond donors (Lipinski definition) is 1. The summed E-state index contributed by atoms with van der Waals surface area (Å²) in [5.74, 6) is 2.30. The summed E-state index contributed by atoms with van der Waals surface area (Å²) in [7, 11) is 0. The largest absolute Gasteiger partial charge is 0.486 e. The standard InChI is InChI=1S/C24H36N2O4/c1-18(2)15-20(26-9-11-28-12-10-26)17-25-23(27)24(7-3-4-8-24)19-5-6-21-22(16-19)30-14-13-29-21/h5-6,16,18,20H,3-4,7-15,17H2,1-2H3,(H,25,27). The van der Waals surface area contributed by atoms with Gasteiger partial charge in [0.25, 0.3) is 0 Å². The molecule has 6 heteroatoms. The average molecular weight is 417 g/mol. The van der Waals surface area contributed by atoms with E-state index in [1.165, 1.54) is 0 Å². The molecule has 4 rings (SSSR count). The first-order chi connectivity index (χ1) is 14.6. The van der Waals surface area contributed by atoms with Gasteiger partial charge in [0.1, 0.15) is 13.2 Å². The molecule has 0 bridgehead atoms. The third kappa shape index (κ3) is 4.59. The van der Waals surface area contributed by atoms with Crippen LogP contribution in [0, 0.1) is 5.92 Å². The first kappa shape index (κ1) is 21.4. The third-order valence-corrected chi connectivity index (χ3v) is 6.79. The van der Waals surface area contributed by atoms with Crippen LogP contribution in [-0.2, 0) is 14.9 Å². The lowest BCUT2D eigenvalue weighted by molar-refractivity contribution is -0.127. The fourth-order valence-electron chi connectivity index (χ4n) is 5.19. The van der Waals surface area contributed by atoms with Crippen LogP contribution in [-0.4, -0.2) is 62.9 Å². The van der Waals surface area contributed by atoms with Gasteiger partial charge in [-0.3, -0.25) is 9.69 Å². The van der Waals surface area contributed by atoms with E-state index in [2.05, 4.69) is 30.1 Å². The molecular weight excluding hydrogens is 380 g/mol. The highest BCUT2D eigenvalue weighted by atomic mass is 16.6. The molecule has 2 heterocycles. The van der Waals surface area contributed by atoms with Crippen LogP contribution >= 0.6 is 0 Å². The second-order valence-electron chi connectivity index (χ2n) is 9.29. The van der Waals surface area contributed by atoms with Crippen molar-refractivity contribution in [2.24, 2.45) is 5.92 Å². The molecule has 1 aromatic rings. The van der Waals surface area contributed by atoms with Crippen molar-refractivity contribution in [3.63, 3.8) is 0 Å². The summed E-state index contributed by atoms with van der Waals surface area (Å²) in [6, 6.07) is 6.42. The van der Waals surface area contributed by atoms with Crippen molar-refractivity contribution in [2.45, 2.75) is 57.4 Å². The predicted molar refractivity (Wildman–Crippen MR) is 116 cm³/mol. The van der Waals surface area contributed by atoms with Gasteiger partial charge in [0.2, 0.25) is 5.91 Å². The van der Waals surface area contributed by atoms with Crippen LogP contribution in [0.2, 0.25) is 0 Å². The minimum Gasteiger partial charge on any atom is -0.486 e. The van der Waals surface area contributed by atoms with Crippen LogP contribution in [0.1, 0.15) is 51.5 Å². The number of benzene rings is 1. The topological polar surface area (TPSA) is 60.0 Å². The number of ether oxygens (including phenoxy) is 3. The summed E-state index contributed by atoms with van der Waals surface area (Å²) in [5.41, 5.74) is 0.608. The molecule has 1 aromatic carbocycles. The van der Waals surface area contributed by atoms with Crippen molar-refractivity contribution in [1.82, 2.24) is 10.2 Å². The van der Waals surface area contributed by atoms with Gasteiger partial charge in [-0.25, -0.2) is 0 Å². The van der Waals surface area contributed by atoms with E-state index >= 15 is 0 Å². The number of nitrogens with one attached hydrogen (secondary N) is 1. The van der Waals surface area contributed by atoms with Crippen molar-refractivity contribution in [3.05, 3.63) is 23.8 Å². The summed E-state index contributed by atoms with van der Waals surface area (Å²) in [6.45, 7) is 9.80. The van der Waals surface area contributed by atoms with E-state index < -0.39 is 5.41 Å². The zero-order valence-corrected chi connectivity index (χ0v) is 18.5. The molecule has 1 saturated carbocycles. The van der Waals surface area contributed by atoms with E-state index in [-0.39, 0.29) is 5.91 Å². The smallest absolute Gasteiger partial charge is 0.230 e. The molecule has 2 fully saturated rings. The number of nitrogens with zero attached hydrogens (tertiary/aromatic N) is 1. The SMILES string of the molecule is CC(C)CC(CNC(=O)C1(c2ccc3c(c2)OCCO3)CCCC1)N1CCOCC1. The van der Waals surface area contributed by atoms with Gasteiger partial charge in [-0.1, -0.05) is 32.8 Å². The Labute approximate surface area is 180 Å². The van der Waals surface area contributed by atoms with E-state index in [4.69, 9.17) is 14.2 Å². The minimum atomic E-state index is -0.455. The molecule has 2 aliphatic heterocycles. The van der Waals surface area contributed by atoms with Gasteiger partial charge in [-0.05, 0) is 42.9 Å². The van der Waals surface area contributed by atoms with Crippen LogP contribution in [0.3, 0.4) is 0 Å². The van der Waals surface area contributed by atoms with Gasteiger partial charge in [0.05, 0.1) is 18.6 Å². The summed E-state index contributed by atoms with van der Waals surface area (Å²) in [6.07, 6.45) is 5.04. The Morgan fingerprint density at radius 2 is 1.77 bits per heavy atom. The Bertz CT molecular complexity index is 724. The van der Waals surface area contributed by atoms with Crippen molar-refractivity contribution in [3.8, 4) is 11.5 Å². The monoisotopic (exact) mass is 416 g/mol. The second-order valence-corrected chi connectivity index (χ2v) is 9.29. The Balaban J connectivity index is 1.49. The lowest BCUT2D eigenvalue weighted by Gasteiger charge is -2.37. The maximum absolute atomic E-state index is 13.6. The zero-order valence-electron chi connectivity index (χ0n) is 18.5. The van der Waals surface area contributed by atoms with Crippen LogP contribution in [0.5, 0.6) is 11.5 Å². The van der Waals surface area contributed by atoms with Crippen LogP contribution in [0.4, 0.5) is 0 Å². The highest BCUT2D eigenvalue weighted by Crippen LogP contribution is 2.44. The van der Waals surface area contributed by atoms with Gasteiger partial charge in [-0.15, -0.1) is 0 Å². The number of carbonyl (C=O) groups excluding carboxylic acids is 1. The van der Waals surface area contributed by atoms with Gasteiger partial charge in [0, 0.05) is 25.7 Å². The summed E-state index contributed by atoms with van der Waals surface area (Å²) < 4.78 is 17.0. The number of fused-ring (bicyclic) bond motifs is 1. The molecule has 1 saturated heterocycles. The lowest BCUT2D eigenvalue weighted by Crippen LogP contribution is -2.52. The number of rotatable bonds is 7. The van der Waals surface area contributed by atoms with Crippen LogP contribution in [0.15, 0.2) is 18.2 Å². The Hall–Kier alpha value is -1.79. The van der Waals surface area contributed by atoms with Crippen molar-refractivity contribution < 1.29 is 19.0 Å². The van der Waals surface area contributed by atoms with E-state index in [0.717, 1.165) is 75.5 Å². The molecule has 1 atom stereocenters. The van der Waals surface area contributed by atoms with E-state index in [9.17, 15) is 4.79 Å². The van der Waals surface area contributed by atoms with Crippen molar-refractivity contribution in [2.75, 3.05) is 46.1 Å². The number of hydrogen-bond acceptors (Lipinski definition) is 5. The van der Waals surface area contributed by atoms with Gasteiger partial charge < -0.3 is 19.5 Å². The molecule has 0 aromatic heterocycles. The quantitative estimate of drug-likeness (QED) is 0.740. The van der Waals surface area contributed by atoms with Crippen LogP contribution in [0.25, 0.3) is 0 Å². The third-order valence-electron chi connectivity index (χ3n) is 6.79. The number of carbonyl (C=O) groups is 1. The molecule has 30 heavy (non-hydrogen) atoms. The Morgan fingerprint density at radius 1 is 1.07 bits per heavy atom. The van der Waals surface area contributed by atoms with Crippen LogP contribution < -0.4 is 14.8 Å². The average Bonchev–Trinajstić information content (AvgIpc) is 3.28. The molecule has 166 valence electrons. The molecule has 1 aliphatic carbocycles.